The van der Waals surface area contributed by atoms with Gasteiger partial charge in [-0.3, -0.25) is 0 Å². The smallest absolute Gasteiger partial charge is 0.407 e. The van der Waals surface area contributed by atoms with Gasteiger partial charge in [0.05, 0.1) is 11.3 Å². The van der Waals surface area contributed by atoms with Crippen LogP contribution in [0, 0.1) is 6.92 Å². The van der Waals surface area contributed by atoms with E-state index >= 15 is 0 Å². The first-order valence-corrected chi connectivity index (χ1v) is 17.0. The number of aryl methyl sites for hydroxylation is 1. The molecule has 0 aliphatic heterocycles. The number of ether oxygens (including phenoxy) is 2. The standard InChI is InChI=1S/C25H38N6O3SSi/c1-16-29-30-23(35-16)20-14-26-22-19(8-9-31(22)15-33-10-11-36(5,6)7)21(20)27-17-12-18(13-17)28-24(32)34-25(2,3)4/h8-9,14,17-18H,10-13,15H2,1-7H3,(H,26,27)(H,28,32). The first-order chi connectivity index (χ1) is 16.9. The number of nitrogens with zero attached hydrogens (tertiary/aromatic N) is 4. The number of hydrogen-bond donors (Lipinski definition) is 2. The van der Waals surface area contributed by atoms with Gasteiger partial charge >= 0.3 is 6.09 Å². The molecule has 36 heavy (non-hydrogen) atoms. The van der Waals surface area contributed by atoms with Crippen molar-refractivity contribution in [3.8, 4) is 10.6 Å². The normalized spacial score (nSPS) is 18.2. The number of hydrogen-bond acceptors (Lipinski definition) is 8. The Kier molecular flexibility index (Phi) is 7.72. The van der Waals surface area contributed by atoms with Crippen molar-refractivity contribution in [2.45, 2.75) is 90.6 Å². The Labute approximate surface area is 218 Å². The summed E-state index contributed by atoms with van der Waals surface area (Å²) < 4.78 is 13.4. The first-order valence-electron chi connectivity index (χ1n) is 12.5. The van der Waals surface area contributed by atoms with Gasteiger partial charge in [0.25, 0.3) is 0 Å². The molecular weight excluding hydrogens is 492 g/mol. The van der Waals surface area contributed by atoms with Crippen molar-refractivity contribution in [1.29, 1.82) is 0 Å². The van der Waals surface area contributed by atoms with Gasteiger partial charge in [0, 0.05) is 44.5 Å². The highest BCUT2D eigenvalue weighted by Gasteiger charge is 2.33. The number of nitrogens with one attached hydrogen (secondary N) is 2. The van der Waals surface area contributed by atoms with Crippen molar-refractivity contribution >= 4 is 42.2 Å². The van der Waals surface area contributed by atoms with Crippen LogP contribution in [0.25, 0.3) is 21.6 Å². The van der Waals surface area contributed by atoms with E-state index in [0.29, 0.717) is 6.73 Å². The zero-order chi connectivity index (χ0) is 26.1. The second kappa shape index (κ2) is 10.5. The highest BCUT2D eigenvalue weighted by molar-refractivity contribution is 7.14. The van der Waals surface area contributed by atoms with Gasteiger partial charge in [-0.05, 0) is 52.6 Å². The van der Waals surface area contributed by atoms with Gasteiger partial charge in [0.15, 0.2) is 5.01 Å². The van der Waals surface area contributed by atoms with Gasteiger partial charge in [0.2, 0.25) is 0 Å². The van der Waals surface area contributed by atoms with Crippen LogP contribution in [-0.2, 0) is 16.2 Å². The summed E-state index contributed by atoms with van der Waals surface area (Å²) >= 11 is 1.55. The maximum Gasteiger partial charge on any atom is 0.407 e. The van der Waals surface area contributed by atoms with E-state index in [-0.39, 0.29) is 18.2 Å². The monoisotopic (exact) mass is 530 g/mol. The molecule has 196 valence electrons. The molecule has 0 aromatic carbocycles. The van der Waals surface area contributed by atoms with Crippen LogP contribution in [0.3, 0.4) is 0 Å². The molecule has 4 rings (SSSR count). The maximum atomic E-state index is 12.1. The fraction of sp³-hybridized carbons (Fsp3) is 0.600. The molecule has 1 aliphatic carbocycles. The van der Waals surface area contributed by atoms with Gasteiger partial charge in [-0.25, -0.2) is 9.78 Å². The van der Waals surface area contributed by atoms with Gasteiger partial charge < -0.3 is 24.7 Å². The third-order valence-corrected chi connectivity index (χ3v) is 8.56. The minimum Gasteiger partial charge on any atom is -0.444 e. The van der Waals surface area contributed by atoms with Crippen LogP contribution in [0.15, 0.2) is 18.5 Å². The van der Waals surface area contributed by atoms with Crippen molar-refractivity contribution in [2.75, 3.05) is 11.9 Å². The van der Waals surface area contributed by atoms with Gasteiger partial charge in [-0.2, -0.15) is 0 Å². The summed E-state index contributed by atoms with van der Waals surface area (Å²) in [6.45, 7) is 15.8. The molecule has 1 aliphatic rings. The summed E-state index contributed by atoms with van der Waals surface area (Å²) in [6.07, 6.45) is 5.17. The minimum absolute atomic E-state index is 0.0891. The van der Waals surface area contributed by atoms with E-state index in [1.54, 1.807) is 11.3 Å². The van der Waals surface area contributed by atoms with Gasteiger partial charge in [-0.15, -0.1) is 10.2 Å². The predicted molar refractivity (Wildman–Crippen MR) is 147 cm³/mol. The van der Waals surface area contributed by atoms with Crippen LogP contribution in [0.5, 0.6) is 0 Å². The summed E-state index contributed by atoms with van der Waals surface area (Å²) in [5.41, 5.74) is 2.30. The molecule has 1 saturated carbocycles. The van der Waals surface area contributed by atoms with E-state index in [1.165, 1.54) is 0 Å². The molecule has 3 aromatic rings. The number of carbonyl (C=O) groups is 1. The molecule has 0 radical (unpaired) electrons. The van der Waals surface area contributed by atoms with Crippen molar-refractivity contribution in [1.82, 2.24) is 25.1 Å². The quantitative estimate of drug-likeness (QED) is 0.272. The molecule has 0 spiro atoms. The molecule has 3 aromatic heterocycles. The average Bonchev–Trinajstić information content (AvgIpc) is 3.34. The zero-order valence-electron chi connectivity index (χ0n) is 22.3. The van der Waals surface area contributed by atoms with Crippen LogP contribution < -0.4 is 10.6 Å². The highest BCUT2D eigenvalue weighted by atomic mass is 32.1. The molecule has 1 amide bonds. The van der Waals surface area contributed by atoms with E-state index in [2.05, 4.69) is 46.5 Å². The molecule has 0 atom stereocenters. The topological polar surface area (TPSA) is 103 Å². The van der Waals surface area contributed by atoms with Crippen LogP contribution in [0.4, 0.5) is 10.5 Å². The number of pyridine rings is 1. The lowest BCUT2D eigenvalue weighted by Crippen LogP contribution is -2.50. The second-order valence-electron chi connectivity index (χ2n) is 11.7. The Balaban J connectivity index is 1.49. The zero-order valence-corrected chi connectivity index (χ0v) is 24.2. The van der Waals surface area contributed by atoms with E-state index < -0.39 is 13.7 Å². The molecule has 9 nitrogen and oxygen atoms in total. The molecular formula is C25H38N6O3SSi. The maximum absolute atomic E-state index is 12.1. The average molecular weight is 531 g/mol. The molecule has 2 N–H and O–H groups in total. The second-order valence-corrected chi connectivity index (χ2v) is 18.5. The summed E-state index contributed by atoms with van der Waals surface area (Å²) in [4.78, 5) is 16.9. The SMILES string of the molecule is Cc1nnc(-c2cnc3c(ccn3COCC[Si](C)(C)C)c2NC2CC(NC(=O)OC(C)(C)C)C2)s1. The van der Waals surface area contributed by atoms with E-state index in [0.717, 1.165) is 57.8 Å². The lowest BCUT2D eigenvalue weighted by atomic mass is 9.86. The number of aromatic nitrogens is 4. The fourth-order valence-electron chi connectivity index (χ4n) is 4.04. The number of fused-ring (bicyclic) bond motifs is 1. The Morgan fingerprint density at radius 2 is 1.97 bits per heavy atom. The lowest BCUT2D eigenvalue weighted by molar-refractivity contribution is 0.0475. The summed E-state index contributed by atoms with van der Waals surface area (Å²) in [6, 6.07) is 3.53. The lowest BCUT2D eigenvalue weighted by Gasteiger charge is -2.37. The van der Waals surface area contributed by atoms with Gasteiger partial charge in [0.1, 0.15) is 23.0 Å². The Bertz CT molecular complexity index is 1210. The number of alkyl carbamates (subject to hydrolysis) is 1. The summed E-state index contributed by atoms with van der Waals surface area (Å²) in [7, 11) is -1.13. The Hall–Kier alpha value is -2.50. The third-order valence-electron chi connectivity index (χ3n) is 5.98. The molecule has 0 saturated heterocycles. The molecule has 3 heterocycles. The minimum atomic E-state index is -1.13. The van der Waals surface area contributed by atoms with E-state index in [1.807, 2.05) is 44.7 Å². The van der Waals surface area contributed by atoms with Crippen molar-refractivity contribution in [2.24, 2.45) is 0 Å². The third kappa shape index (κ3) is 6.83. The van der Waals surface area contributed by atoms with Crippen molar-refractivity contribution in [3.63, 3.8) is 0 Å². The van der Waals surface area contributed by atoms with Crippen molar-refractivity contribution in [3.05, 3.63) is 23.5 Å². The fourth-order valence-corrected chi connectivity index (χ4v) is 5.50. The molecule has 0 bridgehead atoms. The number of carbonyl (C=O) groups excluding carboxylic acids is 1. The summed E-state index contributed by atoms with van der Waals surface area (Å²) in [5, 5.41) is 18.0. The molecule has 1 fully saturated rings. The summed E-state index contributed by atoms with van der Waals surface area (Å²) in [5.74, 6) is 0. The molecule has 11 heteroatoms. The number of amides is 1. The Morgan fingerprint density at radius 3 is 2.61 bits per heavy atom. The highest BCUT2D eigenvalue weighted by Crippen LogP contribution is 2.38. The Morgan fingerprint density at radius 1 is 1.22 bits per heavy atom. The van der Waals surface area contributed by atoms with Crippen LogP contribution in [0.2, 0.25) is 25.7 Å². The number of anilines is 1. The van der Waals surface area contributed by atoms with Crippen molar-refractivity contribution < 1.29 is 14.3 Å². The van der Waals surface area contributed by atoms with Crippen LogP contribution in [-0.4, -0.2) is 58.2 Å². The van der Waals surface area contributed by atoms with Crippen LogP contribution >= 0.6 is 11.3 Å². The molecule has 0 unspecified atom stereocenters. The van der Waals surface area contributed by atoms with E-state index in [4.69, 9.17) is 14.5 Å². The predicted octanol–water partition coefficient (Wildman–Crippen LogP) is 5.64. The largest absolute Gasteiger partial charge is 0.444 e. The van der Waals surface area contributed by atoms with Gasteiger partial charge in [-0.1, -0.05) is 31.0 Å². The van der Waals surface area contributed by atoms with E-state index in [9.17, 15) is 4.79 Å². The first kappa shape index (κ1) is 26.6. The van der Waals surface area contributed by atoms with Crippen LogP contribution in [0.1, 0.15) is 38.6 Å². The number of rotatable bonds is 9.